The molecule has 0 fully saturated rings. The van der Waals surface area contributed by atoms with Crippen molar-refractivity contribution in [2.75, 3.05) is 19.0 Å². The van der Waals surface area contributed by atoms with Crippen LogP contribution >= 0.6 is 0 Å². The highest BCUT2D eigenvalue weighted by molar-refractivity contribution is 7.86. The van der Waals surface area contributed by atoms with Gasteiger partial charge in [0.05, 0.1) is 25.0 Å². The van der Waals surface area contributed by atoms with Gasteiger partial charge in [0.2, 0.25) is 5.69 Å². The maximum absolute atomic E-state index is 12.1. The molecule has 2 heterocycles. The van der Waals surface area contributed by atoms with Gasteiger partial charge in [0.25, 0.3) is 40.5 Å². The van der Waals surface area contributed by atoms with Crippen LogP contribution in [0.25, 0.3) is 22.3 Å². The van der Waals surface area contributed by atoms with Crippen molar-refractivity contribution in [2.45, 2.75) is 58.1 Å². The number of hydrogen-bond acceptors (Lipinski definition) is 11. The zero-order chi connectivity index (χ0) is 50.2. The second-order valence-corrected chi connectivity index (χ2v) is 23.2. The van der Waals surface area contributed by atoms with Gasteiger partial charge in [-0.3, -0.25) is 18.2 Å². The Balaban J connectivity index is 1.05. The zero-order valence-electron chi connectivity index (χ0n) is 37.7. The summed E-state index contributed by atoms with van der Waals surface area (Å²) in [6.45, 7) is 8.31. The standard InChI is InChI=1S/C49H44N2O14S4/c1-48(2)40-26-32(64-44-24-20-36(68(58,59)60)28-38(44)30-10-16-34(17-11-30)66(52,53)54)14-22-42(40)50(5)46(48)8-7-9-47-49(3,4)41-27-33(15-23-43(41)51(47)6)65-45-25-21-37(69(61,62)63)29-39(45)31-12-18-35(19-13-31)67(55,56)57/h7-29H,1-6H3,(H3-,52,53,54,55,56,57,58,59,60,61,62,63)/p+1. The molecule has 0 spiro atoms. The van der Waals surface area contributed by atoms with Crippen molar-refractivity contribution >= 4 is 57.6 Å². The molecular weight excluding hydrogens is 969 g/mol. The van der Waals surface area contributed by atoms with Crippen LogP contribution in [-0.4, -0.2) is 76.3 Å². The Morgan fingerprint density at radius 2 is 0.942 bits per heavy atom. The molecule has 0 unspecified atom stereocenters. The molecular formula is C49H45N2O14S4+. The summed E-state index contributed by atoms with van der Waals surface area (Å²) in [5, 5.41) is 0. The largest absolute Gasteiger partial charge is 0.457 e. The normalized spacial score (nSPS) is 16.3. The molecule has 0 aromatic heterocycles. The van der Waals surface area contributed by atoms with Crippen LogP contribution in [0.2, 0.25) is 0 Å². The monoisotopic (exact) mass is 1010 g/mol. The summed E-state index contributed by atoms with van der Waals surface area (Å²) in [5.74, 6) is 1.29. The molecule has 0 bridgehead atoms. The van der Waals surface area contributed by atoms with Gasteiger partial charge in [-0.1, -0.05) is 44.2 Å². The molecule has 0 saturated carbocycles. The predicted molar refractivity (Wildman–Crippen MR) is 259 cm³/mol. The Labute approximate surface area is 400 Å². The van der Waals surface area contributed by atoms with E-state index >= 15 is 0 Å². The average Bonchev–Trinajstić information content (AvgIpc) is 3.58. The Kier molecular flexibility index (Phi) is 12.2. The lowest BCUT2D eigenvalue weighted by Crippen LogP contribution is -2.26. The van der Waals surface area contributed by atoms with Gasteiger partial charge in [-0.2, -0.15) is 38.2 Å². The van der Waals surface area contributed by atoms with Crippen LogP contribution in [0.3, 0.4) is 0 Å². The first-order valence-corrected chi connectivity index (χ1v) is 26.6. The van der Waals surface area contributed by atoms with Crippen LogP contribution in [0.1, 0.15) is 38.8 Å². The highest BCUT2D eigenvalue weighted by Crippen LogP contribution is 2.49. The number of benzene rings is 6. The minimum Gasteiger partial charge on any atom is -0.457 e. The summed E-state index contributed by atoms with van der Waals surface area (Å²) in [7, 11) is -14.3. The topological polar surface area (TPSA) is 242 Å². The highest BCUT2D eigenvalue weighted by Gasteiger charge is 2.44. The molecule has 69 heavy (non-hydrogen) atoms. The van der Waals surface area contributed by atoms with Gasteiger partial charge >= 0.3 is 0 Å². The van der Waals surface area contributed by atoms with E-state index < -0.39 is 61.1 Å². The van der Waals surface area contributed by atoms with Gasteiger partial charge in [0.1, 0.15) is 30.0 Å². The van der Waals surface area contributed by atoms with Gasteiger partial charge < -0.3 is 14.4 Å². The lowest BCUT2D eigenvalue weighted by atomic mass is 9.81. The van der Waals surface area contributed by atoms with Crippen LogP contribution in [0.4, 0.5) is 11.4 Å². The molecule has 6 aromatic carbocycles. The average molecular weight is 1010 g/mol. The fourth-order valence-corrected chi connectivity index (χ4v) is 10.8. The van der Waals surface area contributed by atoms with Crippen molar-refractivity contribution in [3.05, 3.63) is 156 Å². The van der Waals surface area contributed by atoms with Crippen molar-refractivity contribution in [2.24, 2.45) is 0 Å². The van der Waals surface area contributed by atoms with E-state index in [2.05, 4.69) is 37.2 Å². The van der Waals surface area contributed by atoms with Gasteiger partial charge in [-0.05, 0) is 128 Å². The third kappa shape index (κ3) is 9.49. The number of ether oxygens (including phenoxy) is 2. The molecule has 20 heteroatoms. The van der Waals surface area contributed by atoms with Crippen LogP contribution in [0.15, 0.2) is 165 Å². The predicted octanol–water partition coefficient (Wildman–Crippen LogP) is 9.47. The Morgan fingerprint density at radius 1 is 0.522 bits per heavy atom. The number of fused-ring (bicyclic) bond motifs is 2. The fourth-order valence-electron chi connectivity index (χ4n) is 8.82. The minimum absolute atomic E-state index is 0.218. The number of allylic oxidation sites excluding steroid dienone is 4. The van der Waals surface area contributed by atoms with E-state index in [1.165, 1.54) is 84.9 Å². The first kappa shape index (κ1) is 48.9. The molecule has 2 aliphatic rings. The third-order valence-corrected chi connectivity index (χ3v) is 15.8. The molecule has 0 radical (unpaired) electrons. The summed E-state index contributed by atoms with van der Waals surface area (Å²) in [6, 6.07) is 29.0. The van der Waals surface area contributed by atoms with Crippen molar-refractivity contribution in [1.82, 2.24) is 0 Å². The zero-order valence-corrected chi connectivity index (χ0v) is 40.9. The van der Waals surface area contributed by atoms with E-state index in [1.807, 2.05) is 56.6 Å². The van der Waals surface area contributed by atoms with Crippen molar-refractivity contribution in [1.29, 1.82) is 0 Å². The molecule has 2 aliphatic heterocycles. The Hall–Kier alpha value is -6.49. The number of rotatable bonds is 12. The van der Waals surface area contributed by atoms with Crippen molar-refractivity contribution < 1.29 is 65.9 Å². The highest BCUT2D eigenvalue weighted by atomic mass is 32.2. The maximum Gasteiger partial charge on any atom is 0.294 e. The van der Waals surface area contributed by atoms with E-state index in [0.29, 0.717) is 22.6 Å². The van der Waals surface area contributed by atoms with Gasteiger partial charge in [-0.15, -0.1) is 0 Å². The van der Waals surface area contributed by atoms with Crippen molar-refractivity contribution in [3.8, 4) is 45.3 Å². The molecule has 0 aliphatic carbocycles. The number of anilines is 1. The summed E-state index contributed by atoms with van der Waals surface area (Å²) in [6.07, 6.45) is 6.07. The lowest BCUT2D eigenvalue weighted by molar-refractivity contribution is -0.401. The Morgan fingerprint density at radius 3 is 1.39 bits per heavy atom. The van der Waals surface area contributed by atoms with Crippen LogP contribution in [0, 0.1) is 0 Å². The van der Waals surface area contributed by atoms with E-state index in [4.69, 9.17) is 9.47 Å². The SMILES string of the molecule is CN1/C(=C/C=C/C2=[N+](C)c3ccc(Oc4ccc(S(=O)(=O)O)cc4-c4ccc(S(=O)(=O)O)cc4)cc3C2(C)C)C(C)(C)c2cc(Oc3ccc(S(=O)(=O)O)cc3-c3ccc(S(=O)(=O)O)cc3)ccc21. The molecule has 8 rings (SSSR count). The van der Waals surface area contributed by atoms with Gasteiger partial charge in [0.15, 0.2) is 5.71 Å². The molecule has 0 amide bonds. The fraction of sp³-hybridized carbons (Fsp3) is 0.163. The van der Waals surface area contributed by atoms with E-state index in [0.717, 1.165) is 33.9 Å². The summed E-state index contributed by atoms with van der Waals surface area (Å²) >= 11 is 0. The Bertz CT molecular complexity index is 3680. The lowest BCUT2D eigenvalue weighted by Gasteiger charge is -2.24. The van der Waals surface area contributed by atoms with Crippen molar-refractivity contribution in [3.63, 3.8) is 0 Å². The maximum atomic E-state index is 12.1. The molecule has 358 valence electrons. The van der Waals surface area contributed by atoms with E-state index in [-0.39, 0.29) is 32.4 Å². The summed E-state index contributed by atoms with van der Waals surface area (Å²) < 4.78 is 148. The second kappa shape index (κ2) is 17.2. The number of nitrogens with zero attached hydrogens (tertiary/aromatic N) is 2. The van der Waals surface area contributed by atoms with Crippen LogP contribution in [-0.2, 0) is 51.3 Å². The molecule has 4 N–H and O–H groups in total. The van der Waals surface area contributed by atoms with E-state index in [9.17, 15) is 51.9 Å². The van der Waals surface area contributed by atoms with Gasteiger partial charge in [-0.25, -0.2) is 0 Å². The second-order valence-electron chi connectivity index (χ2n) is 17.5. The first-order valence-electron chi connectivity index (χ1n) is 20.8. The van der Waals surface area contributed by atoms with Gasteiger partial charge in [0, 0.05) is 52.7 Å². The molecule has 0 saturated heterocycles. The molecule has 0 atom stereocenters. The number of likely N-dealkylation sites (N-methyl/N-ethyl adjacent to an activating group) is 1. The minimum atomic E-state index is -4.61. The van der Waals surface area contributed by atoms with Crippen LogP contribution < -0.4 is 14.4 Å². The number of hydrogen-bond donors (Lipinski definition) is 4. The molecule has 16 nitrogen and oxygen atoms in total. The third-order valence-electron chi connectivity index (χ3n) is 12.4. The first-order chi connectivity index (χ1) is 32.0. The van der Waals surface area contributed by atoms with E-state index in [1.54, 1.807) is 12.1 Å². The molecule has 6 aromatic rings. The smallest absolute Gasteiger partial charge is 0.294 e. The summed E-state index contributed by atoms with van der Waals surface area (Å²) in [5.41, 5.74) is 5.79. The summed E-state index contributed by atoms with van der Waals surface area (Å²) in [4.78, 5) is 0.567. The quantitative estimate of drug-likeness (QED) is 0.0659. The van der Waals surface area contributed by atoms with Crippen LogP contribution in [0.5, 0.6) is 23.0 Å².